The van der Waals surface area contributed by atoms with Gasteiger partial charge in [-0.05, 0) is 36.1 Å². The van der Waals surface area contributed by atoms with Crippen LogP contribution in [0.2, 0.25) is 0 Å². The molecule has 33 heavy (non-hydrogen) atoms. The lowest BCUT2D eigenvalue weighted by molar-refractivity contribution is -0.142. The van der Waals surface area contributed by atoms with Gasteiger partial charge in [-0.2, -0.15) is 0 Å². The summed E-state index contributed by atoms with van der Waals surface area (Å²) in [6.07, 6.45) is 4.18. The highest BCUT2D eigenvalue weighted by atomic mass is 16.4. The minimum atomic E-state index is -1.19. The fourth-order valence-corrected chi connectivity index (χ4v) is 3.96. The maximum absolute atomic E-state index is 13.4. The number of hydrogen-bond acceptors (Lipinski definition) is 3. The summed E-state index contributed by atoms with van der Waals surface area (Å²) in [6.45, 7) is 3.90. The van der Waals surface area contributed by atoms with Crippen molar-refractivity contribution in [3.05, 3.63) is 106 Å². The van der Waals surface area contributed by atoms with Crippen molar-refractivity contribution in [2.45, 2.75) is 51.6 Å². The van der Waals surface area contributed by atoms with Gasteiger partial charge < -0.3 is 15.0 Å². The van der Waals surface area contributed by atoms with Crippen LogP contribution < -0.4 is 10.9 Å². The number of pyridine rings is 1. The van der Waals surface area contributed by atoms with E-state index >= 15 is 0 Å². The van der Waals surface area contributed by atoms with E-state index in [0.717, 1.165) is 24.0 Å². The molecule has 0 aliphatic heterocycles. The van der Waals surface area contributed by atoms with Crippen molar-refractivity contribution >= 4 is 11.9 Å². The molecule has 1 amide bonds. The van der Waals surface area contributed by atoms with Crippen LogP contribution in [0, 0.1) is 6.92 Å². The van der Waals surface area contributed by atoms with E-state index in [1.54, 1.807) is 36.5 Å². The van der Waals surface area contributed by atoms with Crippen molar-refractivity contribution in [1.29, 1.82) is 0 Å². The van der Waals surface area contributed by atoms with Gasteiger partial charge in [0.25, 0.3) is 5.56 Å². The largest absolute Gasteiger partial charge is 0.479 e. The molecule has 0 aliphatic carbocycles. The Kier molecular flexibility index (Phi) is 8.19. The number of carboxylic acids is 1. The Morgan fingerprint density at radius 2 is 1.67 bits per heavy atom. The molecule has 0 spiro atoms. The lowest BCUT2D eigenvalue weighted by Gasteiger charge is -2.23. The van der Waals surface area contributed by atoms with Crippen LogP contribution in [-0.4, -0.2) is 21.6 Å². The molecule has 172 valence electrons. The number of carbonyl (C=O) groups is 2. The Morgan fingerprint density at radius 3 is 2.27 bits per heavy atom. The Bertz CT molecular complexity index is 1140. The minimum absolute atomic E-state index is 0.229. The summed E-state index contributed by atoms with van der Waals surface area (Å²) >= 11 is 0. The Morgan fingerprint density at radius 1 is 1.03 bits per heavy atom. The van der Waals surface area contributed by atoms with Gasteiger partial charge >= 0.3 is 5.97 Å². The second kappa shape index (κ2) is 11.3. The zero-order valence-corrected chi connectivity index (χ0v) is 19.0. The molecule has 2 atom stereocenters. The lowest BCUT2D eigenvalue weighted by Crippen LogP contribution is -2.41. The van der Waals surface area contributed by atoms with Crippen LogP contribution in [0.25, 0.3) is 0 Å². The Hall–Kier alpha value is -3.67. The topological polar surface area (TPSA) is 88.4 Å². The van der Waals surface area contributed by atoms with Gasteiger partial charge in [0, 0.05) is 18.2 Å². The first kappa shape index (κ1) is 24.0. The minimum Gasteiger partial charge on any atom is -0.479 e. The quantitative estimate of drug-likeness (QED) is 0.483. The summed E-state index contributed by atoms with van der Waals surface area (Å²) in [5.41, 5.74) is 2.73. The summed E-state index contributed by atoms with van der Waals surface area (Å²) in [7, 11) is 0. The number of hydrogen-bond donors (Lipinski definition) is 2. The van der Waals surface area contributed by atoms with Crippen molar-refractivity contribution in [2.75, 3.05) is 0 Å². The maximum atomic E-state index is 13.4. The standard InChI is InChI=1S/C27H30N2O4/c1-3-4-15-23(25(30)28-24(27(32)33)21-13-9-6-10-14-21)29-18-19(2)16-22(26(29)31)17-20-11-7-5-8-12-20/h5-14,16,18,23-24H,3-4,15,17H2,1-2H3,(H,28,30)(H,32,33)/t23?,24-/m1/s1. The second-order valence-electron chi connectivity index (χ2n) is 8.27. The molecule has 0 radical (unpaired) electrons. The predicted molar refractivity (Wildman–Crippen MR) is 128 cm³/mol. The monoisotopic (exact) mass is 446 g/mol. The van der Waals surface area contributed by atoms with Crippen LogP contribution in [0.1, 0.15) is 60.5 Å². The molecule has 0 aliphatic rings. The van der Waals surface area contributed by atoms with E-state index in [1.807, 2.05) is 50.2 Å². The van der Waals surface area contributed by atoms with Gasteiger partial charge in [0.05, 0.1) is 0 Å². The molecule has 1 heterocycles. The first-order valence-electron chi connectivity index (χ1n) is 11.2. The number of nitrogens with one attached hydrogen (secondary N) is 1. The number of aliphatic carboxylic acids is 1. The van der Waals surface area contributed by atoms with Crippen molar-refractivity contribution in [3.8, 4) is 0 Å². The third kappa shape index (κ3) is 6.19. The molecule has 0 saturated heterocycles. The molecule has 1 unspecified atom stereocenters. The van der Waals surface area contributed by atoms with Gasteiger partial charge in [0.2, 0.25) is 5.91 Å². The average molecular weight is 447 g/mol. The molecule has 0 bridgehead atoms. The highest BCUT2D eigenvalue weighted by Crippen LogP contribution is 2.20. The number of carboxylic acid groups (broad SMARTS) is 1. The highest BCUT2D eigenvalue weighted by molar-refractivity contribution is 5.86. The highest BCUT2D eigenvalue weighted by Gasteiger charge is 2.28. The summed E-state index contributed by atoms with van der Waals surface area (Å²) in [5.74, 6) is -1.62. The SMILES string of the molecule is CCCCC(C(=O)N[C@@H](C(=O)O)c1ccccc1)n1cc(C)cc(Cc2ccccc2)c1=O. The number of aryl methyl sites for hydroxylation is 1. The van der Waals surface area contributed by atoms with Crippen molar-refractivity contribution in [1.82, 2.24) is 9.88 Å². The fraction of sp³-hybridized carbons (Fsp3) is 0.296. The van der Waals surface area contributed by atoms with Crippen LogP contribution in [0.4, 0.5) is 0 Å². The fourth-order valence-electron chi connectivity index (χ4n) is 3.96. The Balaban J connectivity index is 1.95. The maximum Gasteiger partial charge on any atom is 0.330 e. The molecule has 3 rings (SSSR count). The molecule has 2 aromatic carbocycles. The van der Waals surface area contributed by atoms with Crippen LogP contribution in [0.15, 0.2) is 77.7 Å². The first-order valence-corrected chi connectivity index (χ1v) is 11.2. The normalized spacial score (nSPS) is 12.7. The van der Waals surface area contributed by atoms with E-state index in [-0.39, 0.29) is 5.56 Å². The van der Waals surface area contributed by atoms with Crippen LogP contribution in [-0.2, 0) is 16.0 Å². The van der Waals surface area contributed by atoms with Gasteiger partial charge in [-0.1, -0.05) is 80.4 Å². The van der Waals surface area contributed by atoms with Gasteiger partial charge in [0.15, 0.2) is 6.04 Å². The molecule has 6 heteroatoms. The van der Waals surface area contributed by atoms with Gasteiger partial charge in [-0.15, -0.1) is 0 Å². The third-order valence-electron chi connectivity index (χ3n) is 5.63. The zero-order chi connectivity index (χ0) is 23.8. The smallest absolute Gasteiger partial charge is 0.330 e. The molecular weight excluding hydrogens is 416 g/mol. The van der Waals surface area contributed by atoms with E-state index in [2.05, 4.69) is 5.32 Å². The van der Waals surface area contributed by atoms with Crippen LogP contribution >= 0.6 is 0 Å². The van der Waals surface area contributed by atoms with Gasteiger partial charge in [-0.25, -0.2) is 4.79 Å². The summed E-state index contributed by atoms with van der Waals surface area (Å²) < 4.78 is 1.47. The molecule has 6 nitrogen and oxygen atoms in total. The van der Waals surface area contributed by atoms with E-state index in [4.69, 9.17) is 0 Å². The number of benzene rings is 2. The number of aromatic nitrogens is 1. The first-order chi connectivity index (χ1) is 15.9. The molecule has 3 aromatic rings. The predicted octanol–water partition coefficient (Wildman–Crippen LogP) is 4.42. The lowest BCUT2D eigenvalue weighted by atomic mass is 10.0. The van der Waals surface area contributed by atoms with Crippen molar-refractivity contribution < 1.29 is 14.7 Å². The van der Waals surface area contributed by atoms with Gasteiger partial charge in [-0.3, -0.25) is 9.59 Å². The molecular formula is C27H30N2O4. The van der Waals surface area contributed by atoms with E-state index in [0.29, 0.717) is 24.0 Å². The molecule has 2 N–H and O–H groups in total. The van der Waals surface area contributed by atoms with E-state index in [9.17, 15) is 19.5 Å². The van der Waals surface area contributed by atoms with Crippen LogP contribution in [0.5, 0.6) is 0 Å². The van der Waals surface area contributed by atoms with Gasteiger partial charge in [0.1, 0.15) is 6.04 Å². The molecule has 1 aromatic heterocycles. The zero-order valence-electron chi connectivity index (χ0n) is 19.0. The number of amides is 1. The van der Waals surface area contributed by atoms with Crippen molar-refractivity contribution in [3.63, 3.8) is 0 Å². The molecule has 0 saturated carbocycles. The number of rotatable bonds is 10. The number of carbonyl (C=O) groups excluding carboxylic acids is 1. The average Bonchev–Trinajstić information content (AvgIpc) is 2.81. The number of nitrogens with zero attached hydrogens (tertiary/aromatic N) is 1. The summed E-state index contributed by atoms with van der Waals surface area (Å²) in [5, 5.41) is 12.4. The summed E-state index contributed by atoms with van der Waals surface area (Å²) in [4.78, 5) is 38.6. The van der Waals surface area contributed by atoms with E-state index in [1.165, 1.54) is 4.57 Å². The second-order valence-corrected chi connectivity index (χ2v) is 8.27. The Labute approximate surface area is 193 Å². The van der Waals surface area contributed by atoms with Crippen molar-refractivity contribution in [2.24, 2.45) is 0 Å². The third-order valence-corrected chi connectivity index (χ3v) is 5.63. The van der Waals surface area contributed by atoms with E-state index < -0.39 is 24.0 Å². The summed E-state index contributed by atoms with van der Waals surface area (Å²) in [6, 6.07) is 18.1. The molecule has 0 fully saturated rings. The van der Waals surface area contributed by atoms with Crippen LogP contribution in [0.3, 0.4) is 0 Å². The number of unbranched alkanes of at least 4 members (excludes halogenated alkanes) is 1.